The predicted molar refractivity (Wildman–Crippen MR) is 103 cm³/mol. The molecule has 0 saturated carbocycles. The zero-order valence-electron chi connectivity index (χ0n) is 15.6. The van der Waals surface area contributed by atoms with Crippen LogP contribution in [0.4, 0.5) is 18.9 Å². The van der Waals surface area contributed by atoms with Crippen LogP contribution in [-0.2, 0) is 20.0 Å². The van der Waals surface area contributed by atoms with Crippen LogP contribution in [0.3, 0.4) is 0 Å². The molecule has 12 heteroatoms. The molecular formula is C18H19F3N2O5S2. The Balaban J connectivity index is 1.80. The summed E-state index contributed by atoms with van der Waals surface area (Å²) < 4.78 is 95.7. The first-order valence-electron chi connectivity index (χ1n) is 8.91. The molecule has 3 rings (SSSR count). The topological polar surface area (TPSA) is 92.8 Å². The maximum absolute atomic E-state index is 12.6. The third-order valence-electron chi connectivity index (χ3n) is 4.36. The van der Waals surface area contributed by atoms with Gasteiger partial charge >= 0.3 is 6.18 Å². The minimum absolute atomic E-state index is 0.0303. The van der Waals surface area contributed by atoms with E-state index in [0.717, 1.165) is 25.0 Å². The molecule has 0 aliphatic carbocycles. The van der Waals surface area contributed by atoms with Crippen LogP contribution in [0.1, 0.15) is 12.8 Å². The van der Waals surface area contributed by atoms with Crippen LogP contribution in [0.25, 0.3) is 0 Å². The summed E-state index contributed by atoms with van der Waals surface area (Å²) in [6.07, 6.45) is -3.04. The van der Waals surface area contributed by atoms with E-state index in [4.69, 9.17) is 0 Å². The Morgan fingerprint density at radius 3 is 2.07 bits per heavy atom. The lowest BCUT2D eigenvalue weighted by atomic mass is 10.3. The number of hydrogen-bond donors (Lipinski definition) is 1. The van der Waals surface area contributed by atoms with Crippen molar-refractivity contribution in [1.29, 1.82) is 0 Å². The standard InChI is InChI=1S/C18H19F3N2O5S2/c19-18(20,21)13-28-17-6-2-1-5-16(17)22-29(24,25)14-7-9-15(10-8-14)30(26,27)23-11-3-4-12-23/h1-2,5-10,22H,3-4,11-13H2. The molecule has 30 heavy (non-hydrogen) atoms. The lowest BCUT2D eigenvalue weighted by Crippen LogP contribution is -2.27. The van der Waals surface area contributed by atoms with E-state index in [1.165, 1.54) is 40.7 Å². The second-order valence-corrected chi connectivity index (χ2v) is 10.2. The molecule has 1 saturated heterocycles. The maximum atomic E-state index is 12.6. The molecule has 0 radical (unpaired) electrons. The number of ether oxygens (including phenoxy) is 1. The summed E-state index contributed by atoms with van der Waals surface area (Å²) in [4.78, 5) is -0.272. The summed E-state index contributed by atoms with van der Waals surface area (Å²) in [5, 5.41) is 0. The van der Waals surface area contributed by atoms with Crippen molar-refractivity contribution in [2.45, 2.75) is 28.8 Å². The van der Waals surface area contributed by atoms with Gasteiger partial charge in [0.15, 0.2) is 6.61 Å². The third-order valence-corrected chi connectivity index (χ3v) is 7.65. The van der Waals surface area contributed by atoms with Crippen LogP contribution >= 0.6 is 0 Å². The van der Waals surface area contributed by atoms with E-state index < -0.39 is 32.8 Å². The Bertz CT molecular complexity index is 1100. The molecule has 0 atom stereocenters. The van der Waals surface area contributed by atoms with Gasteiger partial charge in [0.1, 0.15) is 5.75 Å². The van der Waals surface area contributed by atoms with Gasteiger partial charge in [-0.1, -0.05) is 12.1 Å². The van der Waals surface area contributed by atoms with Gasteiger partial charge in [-0.3, -0.25) is 4.72 Å². The monoisotopic (exact) mass is 464 g/mol. The van der Waals surface area contributed by atoms with Crippen LogP contribution in [0.2, 0.25) is 0 Å². The minimum Gasteiger partial charge on any atom is -0.482 e. The number of anilines is 1. The highest BCUT2D eigenvalue weighted by molar-refractivity contribution is 7.92. The summed E-state index contributed by atoms with van der Waals surface area (Å²) in [6, 6.07) is 9.94. The zero-order valence-corrected chi connectivity index (χ0v) is 17.2. The Hall–Kier alpha value is -2.31. The van der Waals surface area contributed by atoms with E-state index >= 15 is 0 Å². The molecule has 0 aromatic heterocycles. The van der Waals surface area contributed by atoms with E-state index in [0.29, 0.717) is 13.1 Å². The van der Waals surface area contributed by atoms with Gasteiger partial charge in [0.25, 0.3) is 10.0 Å². The molecule has 1 fully saturated rings. The van der Waals surface area contributed by atoms with Crippen molar-refractivity contribution < 1.29 is 34.7 Å². The number of halogens is 3. The quantitative estimate of drug-likeness (QED) is 0.679. The summed E-state index contributed by atoms with van der Waals surface area (Å²) in [7, 11) is -7.89. The van der Waals surface area contributed by atoms with Crippen LogP contribution < -0.4 is 9.46 Å². The number of rotatable bonds is 7. The number of para-hydroxylation sites is 2. The van der Waals surface area contributed by atoms with Crippen molar-refractivity contribution in [2.75, 3.05) is 24.4 Å². The lowest BCUT2D eigenvalue weighted by Gasteiger charge is -2.16. The van der Waals surface area contributed by atoms with Crippen molar-refractivity contribution in [2.24, 2.45) is 0 Å². The summed E-state index contributed by atoms with van der Waals surface area (Å²) in [6.45, 7) is -0.744. The maximum Gasteiger partial charge on any atom is 0.422 e. The molecule has 164 valence electrons. The van der Waals surface area contributed by atoms with Crippen LogP contribution in [0.15, 0.2) is 58.3 Å². The van der Waals surface area contributed by atoms with E-state index in [9.17, 15) is 30.0 Å². The first kappa shape index (κ1) is 22.4. The second-order valence-electron chi connectivity index (χ2n) is 6.59. The van der Waals surface area contributed by atoms with Gasteiger partial charge < -0.3 is 4.74 Å². The number of hydrogen-bond acceptors (Lipinski definition) is 5. The molecule has 0 spiro atoms. The smallest absolute Gasteiger partial charge is 0.422 e. The summed E-state index contributed by atoms with van der Waals surface area (Å²) >= 11 is 0. The molecule has 2 aromatic carbocycles. The van der Waals surface area contributed by atoms with Crippen molar-refractivity contribution in [1.82, 2.24) is 4.31 Å². The fourth-order valence-electron chi connectivity index (χ4n) is 2.91. The molecule has 1 aliphatic heterocycles. The van der Waals surface area contributed by atoms with E-state index in [2.05, 4.69) is 9.46 Å². The van der Waals surface area contributed by atoms with Crippen molar-refractivity contribution in [3.63, 3.8) is 0 Å². The fraction of sp³-hybridized carbons (Fsp3) is 0.333. The van der Waals surface area contributed by atoms with Gasteiger partial charge in [0.05, 0.1) is 15.5 Å². The average molecular weight is 464 g/mol. The highest BCUT2D eigenvalue weighted by atomic mass is 32.2. The van der Waals surface area contributed by atoms with Crippen LogP contribution in [-0.4, -0.2) is 47.0 Å². The summed E-state index contributed by atoms with van der Waals surface area (Å²) in [5.74, 6) is -0.286. The largest absolute Gasteiger partial charge is 0.482 e. The molecule has 1 aliphatic rings. The number of benzene rings is 2. The molecule has 7 nitrogen and oxygen atoms in total. The fourth-order valence-corrected chi connectivity index (χ4v) is 5.50. The number of sulfonamides is 2. The Morgan fingerprint density at radius 2 is 1.47 bits per heavy atom. The van der Waals surface area contributed by atoms with Crippen molar-refractivity contribution in [3.8, 4) is 5.75 Å². The van der Waals surface area contributed by atoms with Crippen molar-refractivity contribution >= 4 is 25.7 Å². The van der Waals surface area contributed by atoms with Gasteiger partial charge in [-0.2, -0.15) is 17.5 Å². The minimum atomic E-state index is -4.58. The third kappa shape index (κ3) is 5.24. The first-order chi connectivity index (χ1) is 14.0. The van der Waals surface area contributed by atoms with Gasteiger partial charge in [-0.25, -0.2) is 16.8 Å². The molecule has 0 amide bonds. The van der Waals surface area contributed by atoms with Gasteiger partial charge in [-0.15, -0.1) is 0 Å². The first-order valence-corrected chi connectivity index (χ1v) is 11.8. The van der Waals surface area contributed by atoms with E-state index in [1.54, 1.807) is 0 Å². The lowest BCUT2D eigenvalue weighted by molar-refractivity contribution is -0.153. The van der Waals surface area contributed by atoms with Crippen LogP contribution in [0.5, 0.6) is 5.75 Å². The summed E-state index contributed by atoms with van der Waals surface area (Å²) in [5.41, 5.74) is -0.171. The number of nitrogens with one attached hydrogen (secondary N) is 1. The Labute approximate surface area is 172 Å². The number of alkyl halides is 3. The van der Waals surface area contributed by atoms with E-state index in [1.807, 2.05) is 0 Å². The Kier molecular flexibility index (Phi) is 6.29. The molecule has 0 unspecified atom stereocenters. The highest BCUT2D eigenvalue weighted by Crippen LogP contribution is 2.29. The second kappa shape index (κ2) is 8.44. The van der Waals surface area contributed by atoms with Crippen molar-refractivity contribution in [3.05, 3.63) is 48.5 Å². The average Bonchev–Trinajstić information content (AvgIpc) is 3.22. The predicted octanol–water partition coefficient (Wildman–Crippen LogP) is 3.21. The zero-order chi connectivity index (χ0) is 22.0. The normalized spacial score (nSPS) is 15.8. The SMILES string of the molecule is O=S(=O)(Nc1ccccc1OCC(F)(F)F)c1ccc(S(=O)(=O)N2CCCC2)cc1. The van der Waals surface area contributed by atoms with E-state index in [-0.39, 0.29) is 21.2 Å². The molecule has 1 N–H and O–H groups in total. The molecule has 1 heterocycles. The van der Waals surface area contributed by atoms with Gasteiger partial charge in [-0.05, 0) is 49.2 Å². The molecule has 0 bridgehead atoms. The molecule has 2 aromatic rings. The molecular weight excluding hydrogens is 445 g/mol. The number of nitrogens with zero attached hydrogens (tertiary/aromatic N) is 1. The van der Waals surface area contributed by atoms with Crippen LogP contribution in [0, 0.1) is 0 Å². The highest BCUT2D eigenvalue weighted by Gasteiger charge is 2.30. The van der Waals surface area contributed by atoms with Gasteiger partial charge in [0, 0.05) is 13.1 Å². The Morgan fingerprint density at radius 1 is 0.900 bits per heavy atom. The van der Waals surface area contributed by atoms with Gasteiger partial charge in [0.2, 0.25) is 10.0 Å².